The fraction of sp³-hybridized carbons (Fsp3) is 0. The van der Waals surface area contributed by atoms with E-state index in [1.807, 2.05) is 65.1 Å². The summed E-state index contributed by atoms with van der Waals surface area (Å²) in [5.74, 6) is 0. The molecule has 43 heavy (non-hydrogen) atoms. The van der Waals surface area contributed by atoms with Gasteiger partial charge in [-0.1, -0.05) is 66.7 Å². The van der Waals surface area contributed by atoms with E-state index in [1.54, 1.807) is 0 Å². The molecule has 0 fully saturated rings. The smallest absolute Gasteiger partial charge is 0.188 e. The fourth-order valence-electron chi connectivity index (χ4n) is 6.50. The maximum atomic E-state index is 9.90. The summed E-state index contributed by atoms with van der Waals surface area (Å²) >= 11 is 3.74. The molecule has 0 radical (unpaired) electrons. The van der Waals surface area contributed by atoms with Crippen LogP contribution in [0.25, 0.3) is 83.8 Å². The van der Waals surface area contributed by atoms with Gasteiger partial charge in [-0.25, -0.2) is 4.85 Å². The van der Waals surface area contributed by atoms with E-state index in [4.69, 9.17) is 6.57 Å². The van der Waals surface area contributed by atoms with Crippen molar-refractivity contribution in [3.63, 3.8) is 0 Å². The van der Waals surface area contributed by atoms with Crippen LogP contribution in [0, 0.1) is 17.9 Å². The van der Waals surface area contributed by atoms with Crippen molar-refractivity contribution in [1.82, 2.24) is 4.57 Å². The molecule has 0 spiro atoms. The number of para-hydroxylation sites is 1. The largest absolute Gasteiger partial charge is 0.309 e. The third-order valence-electron chi connectivity index (χ3n) is 8.45. The normalized spacial score (nSPS) is 11.7. The molecular weight excluding hydrogens is 563 g/mol. The van der Waals surface area contributed by atoms with Crippen LogP contribution < -0.4 is 0 Å². The number of fused-ring (bicyclic) bond motifs is 10. The highest BCUT2D eigenvalue weighted by molar-refractivity contribution is 7.33. The monoisotopic (exact) mass is 581 g/mol. The molecule has 9 aromatic rings. The average molecular weight is 582 g/mol. The number of thiophene rings is 2. The molecule has 0 atom stereocenters. The standard InChI is InChI=1S/C38H19N3S2/c1-40-24-12-16-33-30(20-24)26-6-2-4-8-32(26)41(33)34-18-22(21-39)10-13-25(34)23-11-17-36-31(19-23)29-15-14-28-27-7-3-5-9-35(27)42-37(28)38(29)43-36/h2-20H. The van der Waals surface area contributed by atoms with Gasteiger partial charge in [0.1, 0.15) is 0 Å². The zero-order valence-corrected chi connectivity index (χ0v) is 24.3. The lowest BCUT2D eigenvalue weighted by molar-refractivity contribution is 1.18. The van der Waals surface area contributed by atoms with Crippen molar-refractivity contribution in [2.24, 2.45) is 0 Å². The third kappa shape index (κ3) is 3.44. The summed E-state index contributed by atoms with van der Waals surface area (Å²) in [6.45, 7) is 7.56. The van der Waals surface area contributed by atoms with Crippen LogP contribution >= 0.6 is 22.7 Å². The Bertz CT molecular complexity index is 2710. The van der Waals surface area contributed by atoms with Crippen LogP contribution in [0.3, 0.4) is 0 Å². The number of nitriles is 1. The van der Waals surface area contributed by atoms with Gasteiger partial charge in [-0.3, -0.25) is 0 Å². The summed E-state index contributed by atoms with van der Waals surface area (Å²) in [7, 11) is 0. The Labute approximate surface area is 254 Å². The lowest BCUT2D eigenvalue weighted by Gasteiger charge is -2.15. The van der Waals surface area contributed by atoms with Gasteiger partial charge in [-0.15, -0.1) is 22.7 Å². The predicted octanol–water partition coefficient (Wildman–Crippen LogP) is 11.6. The van der Waals surface area contributed by atoms with Crippen LogP contribution in [0.5, 0.6) is 0 Å². The average Bonchev–Trinajstić information content (AvgIpc) is 3.73. The highest BCUT2D eigenvalue weighted by Crippen LogP contribution is 2.46. The van der Waals surface area contributed by atoms with Gasteiger partial charge in [0.2, 0.25) is 0 Å². The van der Waals surface area contributed by atoms with Crippen molar-refractivity contribution in [2.75, 3.05) is 0 Å². The number of hydrogen-bond acceptors (Lipinski definition) is 3. The number of aromatic nitrogens is 1. The molecule has 3 nitrogen and oxygen atoms in total. The Balaban J connectivity index is 1.32. The lowest BCUT2D eigenvalue weighted by atomic mass is 9.99. The van der Waals surface area contributed by atoms with Gasteiger partial charge >= 0.3 is 0 Å². The molecule has 0 amide bonds. The Hall–Kier alpha value is -5.46. The van der Waals surface area contributed by atoms with Gasteiger partial charge in [-0.2, -0.15) is 5.26 Å². The Morgan fingerprint density at radius 3 is 2.14 bits per heavy atom. The van der Waals surface area contributed by atoms with E-state index in [0.29, 0.717) is 11.3 Å². The molecule has 0 unspecified atom stereocenters. The topological polar surface area (TPSA) is 33.1 Å². The summed E-state index contributed by atoms with van der Waals surface area (Å²) in [5, 5.41) is 17.2. The van der Waals surface area contributed by atoms with Gasteiger partial charge in [0.25, 0.3) is 0 Å². The van der Waals surface area contributed by atoms with E-state index in [0.717, 1.165) is 38.6 Å². The zero-order valence-electron chi connectivity index (χ0n) is 22.6. The second-order valence-corrected chi connectivity index (χ2v) is 12.8. The van der Waals surface area contributed by atoms with Crippen LogP contribution in [-0.4, -0.2) is 4.57 Å². The third-order valence-corrected chi connectivity index (χ3v) is 11.0. The van der Waals surface area contributed by atoms with E-state index in [2.05, 4.69) is 88.3 Å². The molecule has 3 aromatic heterocycles. The molecule has 0 bridgehead atoms. The highest BCUT2D eigenvalue weighted by Gasteiger charge is 2.18. The van der Waals surface area contributed by atoms with Crippen LogP contribution in [0.1, 0.15) is 5.56 Å². The Kier molecular flexibility index (Phi) is 5.07. The first-order valence-corrected chi connectivity index (χ1v) is 15.6. The summed E-state index contributed by atoms with van der Waals surface area (Å²) in [6.07, 6.45) is 0. The fourth-order valence-corrected chi connectivity index (χ4v) is 9.03. The Morgan fingerprint density at radius 2 is 1.33 bits per heavy atom. The minimum atomic E-state index is 0.608. The van der Waals surface area contributed by atoms with Crippen molar-refractivity contribution in [1.29, 1.82) is 5.26 Å². The summed E-state index contributed by atoms with van der Waals surface area (Å²) < 4.78 is 7.52. The molecule has 0 N–H and O–H groups in total. The predicted molar refractivity (Wildman–Crippen MR) is 183 cm³/mol. The first-order valence-electron chi connectivity index (χ1n) is 13.9. The van der Waals surface area contributed by atoms with Gasteiger partial charge in [0, 0.05) is 41.9 Å². The van der Waals surface area contributed by atoms with Crippen molar-refractivity contribution >= 4 is 90.5 Å². The van der Waals surface area contributed by atoms with Crippen LogP contribution in [0.4, 0.5) is 5.69 Å². The number of nitrogens with zero attached hydrogens (tertiary/aromatic N) is 3. The molecule has 0 aliphatic heterocycles. The molecular formula is C38H19N3S2. The molecule has 0 aliphatic rings. The molecule has 5 heteroatoms. The van der Waals surface area contributed by atoms with E-state index >= 15 is 0 Å². The first-order chi connectivity index (χ1) is 21.2. The van der Waals surface area contributed by atoms with Crippen LogP contribution in [0.2, 0.25) is 0 Å². The molecule has 0 saturated carbocycles. The zero-order chi connectivity index (χ0) is 28.7. The number of benzene rings is 6. The molecule has 6 aromatic carbocycles. The van der Waals surface area contributed by atoms with Gasteiger partial charge in [0.15, 0.2) is 5.69 Å². The minimum Gasteiger partial charge on any atom is -0.309 e. The number of rotatable bonds is 2. The second-order valence-electron chi connectivity index (χ2n) is 10.7. The SMILES string of the molecule is [C-]#[N+]c1ccc2c(c1)c1ccccc1n2-c1cc(C#N)ccc1-c1ccc2sc3c(ccc4c5ccccc5sc43)c2c1. The van der Waals surface area contributed by atoms with Gasteiger partial charge in [0.05, 0.1) is 44.3 Å². The lowest BCUT2D eigenvalue weighted by Crippen LogP contribution is -1.98. The Morgan fingerprint density at radius 1 is 0.605 bits per heavy atom. The number of hydrogen-bond donors (Lipinski definition) is 0. The minimum absolute atomic E-state index is 0.608. The van der Waals surface area contributed by atoms with Crippen molar-refractivity contribution in [2.45, 2.75) is 0 Å². The first kappa shape index (κ1) is 24.2. The summed E-state index contributed by atoms with van der Waals surface area (Å²) in [5.41, 5.74) is 6.39. The van der Waals surface area contributed by atoms with Crippen molar-refractivity contribution in [3.05, 3.63) is 132 Å². The van der Waals surface area contributed by atoms with Gasteiger partial charge in [-0.05, 0) is 59.5 Å². The van der Waals surface area contributed by atoms with E-state index in [-0.39, 0.29) is 0 Å². The van der Waals surface area contributed by atoms with E-state index in [9.17, 15) is 5.26 Å². The summed E-state index contributed by atoms with van der Waals surface area (Å²) in [6, 6.07) is 42.4. The molecule has 0 aliphatic carbocycles. The van der Waals surface area contributed by atoms with Crippen molar-refractivity contribution in [3.8, 4) is 22.9 Å². The summed E-state index contributed by atoms with van der Waals surface area (Å²) in [4.78, 5) is 3.68. The highest BCUT2D eigenvalue weighted by atomic mass is 32.1. The van der Waals surface area contributed by atoms with Crippen molar-refractivity contribution < 1.29 is 0 Å². The van der Waals surface area contributed by atoms with Gasteiger partial charge < -0.3 is 4.57 Å². The molecule has 198 valence electrons. The van der Waals surface area contributed by atoms with Crippen LogP contribution in [0.15, 0.2) is 115 Å². The molecule has 0 saturated heterocycles. The van der Waals surface area contributed by atoms with Crippen LogP contribution in [-0.2, 0) is 0 Å². The maximum absolute atomic E-state index is 9.90. The van der Waals surface area contributed by atoms with E-state index in [1.165, 1.54) is 40.3 Å². The second kappa shape index (κ2) is 9.02. The quantitative estimate of drug-likeness (QED) is 0.187. The maximum Gasteiger partial charge on any atom is 0.188 e. The molecule has 9 rings (SSSR count). The molecule has 3 heterocycles. The van der Waals surface area contributed by atoms with E-state index < -0.39 is 0 Å².